The van der Waals surface area contributed by atoms with Crippen LogP contribution < -0.4 is 10.1 Å². The third-order valence-electron chi connectivity index (χ3n) is 3.53. The molecule has 1 aliphatic rings. The van der Waals surface area contributed by atoms with Crippen molar-refractivity contribution < 1.29 is 19.4 Å². The molecule has 0 atom stereocenters. The number of hydrogen-bond acceptors (Lipinski definition) is 6. The van der Waals surface area contributed by atoms with Crippen LogP contribution in [0.4, 0.5) is 5.95 Å². The van der Waals surface area contributed by atoms with Gasteiger partial charge in [0.1, 0.15) is 0 Å². The summed E-state index contributed by atoms with van der Waals surface area (Å²) in [5, 5.41) is 12.5. The number of methoxy groups -OCH3 is 1. The van der Waals surface area contributed by atoms with Crippen LogP contribution >= 0.6 is 0 Å². The summed E-state index contributed by atoms with van der Waals surface area (Å²) in [6.45, 7) is 3.03. The predicted molar refractivity (Wildman–Crippen MR) is 71.9 cm³/mol. The predicted octanol–water partition coefficient (Wildman–Crippen LogP) is 1.09. The van der Waals surface area contributed by atoms with Crippen molar-refractivity contribution in [3.05, 3.63) is 11.8 Å². The fourth-order valence-electron chi connectivity index (χ4n) is 2.20. The van der Waals surface area contributed by atoms with Crippen molar-refractivity contribution in [3.63, 3.8) is 0 Å². The molecule has 1 aromatic rings. The average Bonchev–Trinajstić information content (AvgIpc) is 2.45. The molecule has 0 bridgehead atoms. The molecule has 20 heavy (non-hydrogen) atoms. The Hall–Kier alpha value is -1.89. The van der Waals surface area contributed by atoms with Crippen molar-refractivity contribution in [2.24, 2.45) is 5.41 Å². The van der Waals surface area contributed by atoms with E-state index in [0.717, 1.165) is 5.69 Å². The number of rotatable bonds is 5. The monoisotopic (exact) mass is 281 g/mol. The number of carbonyl (C=O) groups is 1. The SMILES string of the molecule is COc1cc(C)nc(NCC2(C(=O)O)CCOCC2)n1. The first-order valence-electron chi connectivity index (χ1n) is 6.50. The van der Waals surface area contributed by atoms with Gasteiger partial charge in [0.15, 0.2) is 0 Å². The van der Waals surface area contributed by atoms with Crippen LogP contribution in [0.2, 0.25) is 0 Å². The third-order valence-corrected chi connectivity index (χ3v) is 3.53. The van der Waals surface area contributed by atoms with Gasteiger partial charge in [0.05, 0.1) is 12.5 Å². The molecule has 1 fully saturated rings. The second-order valence-electron chi connectivity index (χ2n) is 4.93. The first-order chi connectivity index (χ1) is 9.55. The van der Waals surface area contributed by atoms with E-state index in [-0.39, 0.29) is 6.54 Å². The number of aryl methyl sites for hydroxylation is 1. The molecular formula is C13H19N3O4. The highest BCUT2D eigenvalue weighted by molar-refractivity contribution is 5.75. The molecule has 2 heterocycles. The number of aliphatic carboxylic acids is 1. The highest BCUT2D eigenvalue weighted by Crippen LogP contribution is 2.31. The quantitative estimate of drug-likeness (QED) is 0.834. The van der Waals surface area contributed by atoms with Gasteiger partial charge in [-0.1, -0.05) is 0 Å². The van der Waals surface area contributed by atoms with Gasteiger partial charge < -0.3 is 19.9 Å². The Morgan fingerprint density at radius 2 is 2.20 bits per heavy atom. The molecule has 2 N–H and O–H groups in total. The number of carboxylic acid groups (broad SMARTS) is 1. The van der Waals surface area contributed by atoms with Gasteiger partial charge in [-0.05, 0) is 19.8 Å². The van der Waals surface area contributed by atoms with Crippen molar-refractivity contribution >= 4 is 11.9 Å². The summed E-state index contributed by atoms with van der Waals surface area (Å²) in [6.07, 6.45) is 0.969. The zero-order valence-electron chi connectivity index (χ0n) is 11.7. The zero-order chi connectivity index (χ0) is 14.6. The molecule has 0 aromatic carbocycles. The van der Waals surface area contributed by atoms with E-state index in [1.807, 2.05) is 6.92 Å². The zero-order valence-corrected chi connectivity index (χ0v) is 11.7. The summed E-state index contributed by atoms with van der Waals surface area (Å²) in [5.74, 6) is 0.0261. The van der Waals surface area contributed by atoms with E-state index in [0.29, 0.717) is 37.9 Å². The maximum atomic E-state index is 11.5. The minimum atomic E-state index is -0.821. The molecule has 0 spiro atoms. The molecule has 1 aromatic heterocycles. The lowest BCUT2D eigenvalue weighted by Crippen LogP contribution is -2.42. The number of aromatic nitrogens is 2. The first kappa shape index (κ1) is 14.5. The van der Waals surface area contributed by atoms with Gasteiger partial charge in [0.25, 0.3) is 0 Å². The van der Waals surface area contributed by atoms with Crippen molar-refractivity contribution in [2.75, 3.05) is 32.2 Å². The average molecular weight is 281 g/mol. The standard InChI is InChI=1S/C13H19N3O4/c1-9-7-10(19-2)16-12(15-9)14-8-13(11(17)18)3-5-20-6-4-13/h7H,3-6,8H2,1-2H3,(H,17,18)(H,14,15,16). The normalized spacial score (nSPS) is 17.5. The Kier molecular flexibility index (Phi) is 4.39. The lowest BCUT2D eigenvalue weighted by molar-refractivity contribution is -0.153. The number of ether oxygens (including phenoxy) is 2. The van der Waals surface area contributed by atoms with Gasteiger partial charge in [-0.2, -0.15) is 4.98 Å². The summed E-state index contributed by atoms with van der Waals surface area (Å²) >= 11 is 0. The molecule has 110 valence electrons. The van der Waals surface area contributed by atoms with Gasteiger partial charge in [0.2, 0.25) is 11.8 Å². The topological polar surface area (TPSA) is 93.6 Å². The number of anilines is 1. The van der Waals surface area contributed by atoms with Crippen LogP contribution in [0.15, 0.2) is 6.07 Å². The number of nitrogens with one attached hydrogen (secondary N) is 1. The third kappa shape index (κ3) is 3.16. The fraction of sp³-hybridized carbons (Fsp3) is 0.615. The van der Waals surface area contributed by atoms with E-state index in [4.69, 9.17) is 9.47 Å². The van der Waals surface area contributed by atoms with E-state index in [9.17, 15) is 9.90 Å². The Bertz CT molecular complexity index is 487. The van der Waals surface area contributed by atoms with Gasteiger partial charge in [-0.3, -0.25) is 4.79 Å². The second-order valence-corrected chi connectivity index (χ2v) is 4.93. The molecule has 7 nitrogen and oxygen atoms in total. The smallest absolute Gasteiger partial charge is 0.311 e. The van der Waals surface area contributed by atoms with Crippen molar-refractivity contribution in [3.8, 4) is 5.88 Å². The number of hydrogen-bond donors (Lipinski definition) is 2. The van der Waals surface area contributed by atoms with Crippen LogP contribution in [-0.2, 0) is 9.53 Å². The Morgan fingerprint density at radius 3 is 2.80 bits per heavy atom. The van der Waals surface area contributed by atoms with E-state index in [1.165, 1.54) is 7.11 Å². The van der Waals surface area contributed by atoms with E-state index in [2.05, 4.69) is 15.3 Å². The van der Waals surface area contributed by atoms with Gasteiger partial charge in [-0.15, -0.1) is 0 Å². The van der Waals surface area contributed by atoms with Gasteiger partial charge in [0, 0.05) is 31.5 Å². The molecule has 0 saturated carbocycles. The first-order valence-corrected chi connectivity index (χ1v) is 6.50. The molecule has 0 radical (unpaired) electrons. The lowest BCUT2D eigenvalue weighted by atomic mass is 9.80. The van der Waals surface area contributed by atoms with Crippen LogP contribution in [0.25, 0.3) is 0 Å². The maximum Gasteiger partial charge on any atom is 0.311 e. The highest BCUT2D eigenvalue weighted by Gasteiger charge is 2.40. The molecule has 1 aliphatic heterocycles. The van der Waals surface area contributed by atoms with Crippen molar-refractivity contribution in [2.45, 2.75) is 19.8 Å². The molecule has 0 aliphatic carbocycles. The maximum absolute atomic E-state index is 11.5. The second kappa shape index (κ2) is 6.04. The molecule has 2 rings (SSSR count). The minimum Gasteiger partial charge on any atom is -0.481 e. The largest absolute Gasteiger partial charge is 0.481 e. The highest BCUT2D eigenvalue weighted by atomic mass is 16.5. The Balaban J connectivity index is 2.09. The number of nitrogens with zero attached hydrogens (tertiary/aromatic N) is 2. The molecule has 0 amide bonds. The van der Waals surface area contributed by atoms with Gasteiger partial charge >= 0.3 is 5.97 Å². The summed E-state index contributed by atoms with van der Waals surface area (Å²) < 4.78 is 10.3. The van der Waals surface area contributed by atoms with E-state index < -0.39 is 11.4 Å². The van der Waals surface area contributed by atoms with Crippen LogP contribution in [-0.4, -0.2) is 47.9 Å². The summed E-state index contributed by atoms with van der Waals surface area (Å²) in [6, 6.07) is 1.71. The van der Waals surface area contributed by atoms with Gasteiger partial charge in [-0.25, -0.2) is 4.98 Å². The van der Waals surface area contributed by atoms with Crippen molar-refractivity contribution in [1.29, 1.82) is 0 Å². The molecular weight excluding hydrogens is 262 g/mol. The Labute approximate surface area is 117 Å². The summed E-state index contributed by atoms with van der Waals surface area (Å²) in [4.78, 5) is 19.9. The molecule has 0 unspecified atom stereocenters. The Morgan fingerprint density at radius 1 is 1.50 bits per heavy atom. The number of carboxylic acids is 1. The van der Waals surface area contributed by atoms with E-state index >= 15 is 0 Å². The summed E-state index contributed by atoms with van der Waals surface area (Å²) in [5.41, 5.74) is -0.0609. The molecule has 7 heteroatoms. The van der Waals surface area contributed by atoms with Crippen LogP contribution in [0, 0.1) is 12.3 Å². The summed E-state index contributed by atoms with van der Waals surface area (Å²) in [7, 11) is 1.53. The fourth-order valence-corrected chi connectivity index (χ4v) is 2.20. The van der Waals surface area contributed by atoms with E-state index in [1.54, 1.807) is 6.07 Å². The lowest BCUT2D eigenvalue weighted by Gasteiger charge is -2.33. The van der Waals surface area contributed by atoms with Crippen LogP contribution in [0.1, 0.15) is 18.5 Å². The van der Waals surface area contributed by atoms with Crippen LogP contribution in [0.3, 0.4) is 0 Å². The molecule has 1 saturated heterocycles. The van der Waals surface area contributed by atoms with Crippen molar-refractivity contribution in [1.82, 2.24) is 9.97 Å². The minimum absolute atomic E-state index is 0.276. The van der Waals surface area contributed by atoms with Crippen LogP contribution in [0.5, 0.6) is 5.88 Å².